The van der Waals surface area contributed by atoms with E-state index < -0.39 is 16.1 Å². The fourth-order valence-corrected chi connectivity index (χ4v) is 3.13. The van der Waals surface area contributed by atoms with E-state index in [2.05, 4.69) is 0 Å². The number of hydrogen-bond donors (Lipinski definition) is 0. The number of hydrogen-bond acceptors (Lipinski definition) is 4. The van der Waals surface area contributed by atoms with E-state index in [1.807, 2.05) is 0 Å². The predicted molar refractivity (Wildman–Crippen MR) is 90.2 cm³/mol. The van der Waals surface area contributed by atoms with Crippen molar-refractivity contribution in [2.24, 2.45) is 0 Å². The van der Waals surface area contributed by atoms with Gasteiger partial charge in [0.25, 0.3) is 11.8 Å². The van der Waals surface area contributed by atoms with Gasteiger partial charge in [0.05, 0.1) is 17.2 Å². The molecule has 1 aromatic carbocycles. The zero-order valence-electron chi connectivity index (χ0n) is 12.7. The van der Waals surface area contributed by atoms with E-state index in [1.54, 1.807) is 31.2 Å². The molecule has 3 rings (SSSR count). The van der Waals surface area contributed by atoms with Crippen LogP contribution in [0.5, 0.6) is 0 Å². The molecule has 1 aromatic rings. The number of alkyl halides is 3. The second-order valence-electron chi connectivity index (χ2n) is 5.36. The van der Waals surface area contributed by atoms with Crippen molar-refractivity contribution >= 4 is 46.6 Å². The van der Waals surface area contributed by atoms with Gasteiger partial charge < -0.3 is 9.47 Å². The number of rotatable bonds is 3. The second kappa shape index (κ2) is 6.56. The minimum absolute atomic E-state index is 0.0405. The van der Waals surface area contributed by atoms with Gasteiger partial charge in [0.15, 0.2) is 0 Å². The van der Waals surface area contributed by atoms with Gasteiger partial charge in [-0.15, -0.1) is 0 Å². The highest BCUT2D eigenvalue weighted by atomic mass is 35.6. The summed E-state index contributed by atoms with van der Waals surface area (Å²) in [4.78, 5) is 26.4. The van der Waals surface area contributed by atoms with Gasteiger partial charge in [-0.25, -0.2) is 0 Å². The highest BCUT2D eigenvalue weighted by Crippen LogP contribution is 2.40. The summed E-state index contributed by atoms with van der Waals surface area (Å²) in [6.07, 6.45) is 1.05. The van der Waals surface area contributed by atoms with Crippen LogP contribution in [0.2, 0.25) is 0 Å². The zero-order valence-corrected chi connectivity index (χ0v) is 14.9. The molecule has 0 bridgehead atoms. The maximum Gasteiger partial charge on any atom is 0.262 e. The van der Waals surface area contributed by atoms with Gasteiger partial charge in [-0.3, -0.25) is 14.5 Å². The Morgan fingerprint density at radius 3 is 2.29 bits per heavy atom. The molecule has 0 aromatic heterocycles. The number of carbonyl (C=O) groups excluding carboxylic acids is 2. The van der Waals surface area contributed by atoms with Crippen molar-refractivity contribution in [3.63, 3.8) is 0 Å². The van der Waals surface area contributed by atoms with E-state index in [1.165, 1.54) is 6.08 Å². The van der Waals surface area contributed by atoms with Crippen LogP contribution < -0.4 is 0 Å². The lowest BCUT2D eigenvalue weighted by Crippen LogP contribution is -2.44. The summed E-state index contributed by atoms with van der Waals surface area (Å²) in [6, 6.07) is 6.04. The number of benzene rings is 1. The van der Waals surface area contributed by atoms with E-state index >= 15 is 0 Å². The fraction of sp³-hybridized carbons (Fsp3) is 0.375. The minimum atomic E-state index is -1.81. The van der Waals surface area contributed by atoms with Crippen LogP contribution in [0.15, 0.2) is 36.1 Å². The number of imide groups is 1. The van der Waals surface area contributed by atoms with E-state index in [9.17, 15) is 9.59 Å². The maximum atomic E-state index is 12.6. The van der Waals surface area contributed by atoms with Crippen molar-refractivity contribution in [3.05, 3.63) is 47.2 Å². The summed E-state index contributed by atoms with van der Waals surface area (Å²) >= 11 is 17.7. The average Bonchev–Trinajstić information content (AvgIpc) is 2.78. The standard InChI is InChI=1S/C16H14Cl3NO4/c1-2-23-13-8-9(7-12(24-13)16(17,18)19)20-14(21)10-5-3-4-6-11(10)15(20)22/h3-7,9,13H,2,8H2,1H3/t9-,13+/m1/s1. The molecule has 2 amide bonds. The summed E-state index contributed by atoms with van der Waals surface area (Å²) < 4.78 is 9.17. The summed E-state index contributed by atoms with van der Waals surface area (Å²) in [6.45, 7) is 2.18. The highest BCUT2D eigenvalue weighted by molar-refractivity contribution is 6.69. The molecule has 2 atom stereocenters. The number of halogens is 3. The van der Waals surface area contributed by atoms with Crippen molar-refractivity contribution < 1.29 is 19.1 Å². The number of carbonyl (C=O) groups is 2. The number of ether oxygens (including phenoxy) is 2. The monoisotopic (exact) mass is 389 g/mol. The zero-order chi connectivity index (χ0) is 17.5. The molecule has 0 fully saturated rings. The molecule has 8 heteroatoms. The Morgan fingerprint density at radius 1 is 1.21 bits per heavy atom. The maximum absolute atomic E-state index is 12.6. The molecular weight excluding hydrogens is 377 g/mol. The summed E-state index contributed by atoms with van der Waals surface area (Å²) in [7, 11) is 0. The van der Waals surface area contributed by atoms with Crippen LogP contribution in [0.3, 0.4) is 0 Å². The predicted octanol–water partition coefficient (Wildman–Crippen LogP) is 3.69. The first-order chi connectivity index (χ1) is 11.3. The minimum Gasteiger partial charge on any atom is -0.465 e. The van der Waals surface area contributed by atoms with Crippen LogP contribution >= 0.6 is 34.8 Å². The molecule has 0 aliphatic carbocycles. The Balaban J connectivity index is 1.96. The van der Waals surface area contributed by atoms with Crippen molar-refractivity contribution in [2.45, 2.75) is 29.5 Å². The molecular formula is C16H14Cl3NO4. The van der Waals surface area contributed by atoms with Crippen LogP contribution in [-0.4, -0.2) is 39.4 Å². The summed E-state index contributed by atoms with van der Waals surface area (Å²) in [5, 5.41) is 0. The number of allylic oxidation sites excluding steroid dienone is 1. The topological polar surface area (TPSA) is 55.8 Å². The van der Waals surface area contributed by atoms with E-state index in [0.717, 1.165) is 4.90 Å². The van der Waals surface area contributed by atoms with Gasteiger partial charge >= 0.3 is 0 Å². The lowest BCUT2D eigenvalue weighted by Gasteiger charge is -2.34. The first-order valence-electron chi connectivity index (χ1n) is 7.37. The molecule has 0 N–H and O–H groups in total. The molecule has 0 radical (unpaired) electrons. The Kier molecular flexibility index (Phi) is 4.80. The summed E-state index contributed by atoms with van der Waals surface area (Å²) in [5.74, 6) is -0.714. The van der Waals surface area contributed by atoms with E-state index in [-0.39, 0.29) is 24.0 Å². The molecule has 0 saturated carbocycles. The largest absolute Gasteiger partial charge is 0.465 e. The highest BCUT2D eigenvalue weighted by Gasteiger charge is 2.44. The van der Waals surface area contributed by atoms with Crippen LogP contribution in [-0.2, 0) is 9.47 Å². The van der Waals surface area contributed by atoms with Crippen molar-refractivity contribution in [2.75, 3.05) is 6.61 Å². The Morgan fingerprint density at radius 2 is 1.79 bits per heavy atom. The molecule has 24 heavy (non-hydrogen) atoms. The van der Waals surface area contributed by atoms with Gasteiger partial charge in [0.2, 0.25) is 10.1 Å². The van der Waals surface area contributed by atoms with Crippen LogP contribution in [0.25, 0.3) is 0 Å². The molecule has 0 spiro atoms. The molecule has 0 unspecified atom stereocenters. The second-order valence-corrected chi connectivity index (χ2v) is 7.64. The Labute approximate surface area is 154 Å². The molecule has 2 heterocycles. The number of fused-ring (bicyclic) bond motifs is 1. The number of amides is 2. The van der Waals surface area contributed by atoms with Gasteiger partial charge in [-0.1, -0.05) is 46.9 Å². The molecule has 2 aliphatic rings. The number of nitrogens with zero attached hydrogens (tertiary/aromatic N) is 1. The molecule has 0 saturated heterocycles. The van der Waals surface area contributed by atoms with Gasteiger partial charge in [-0.05, 0) is 25.1 Å². The van der Waals surface area contributed by atoms with Gasteiger partial charge in [0, 0.05) is 13.0 Å². The average molecular weight is 391 g/mol. The Hall–Kier alpha value is -1.27. The Bertz CT molecular complexity index is 679. The van der Waals surface area contributed by atoms with Crippen molar-refractivity contribution in [1.29, 1.82) is 0 Å². The smallest absolute Gasteiger partial charge is 0.262 e. The van der Waals surface area contributed by atoms with Crippen molar-refractivity contribution in [3.8, 4) is 0 Å². The molecule has 5 nitrogen and oxygen atoms in total. The summed E-state index contributed by atoms with van der Waals surface area (Å²) in [5.41, 5.74) is 0.733. The van der Waals surface area contributed by atoms with E-state index in [4.69, 9.17) is 44.3 Å². The van der Waals surface area contributed by atoms with E-state index in [0.29, 0.717) is 17.7 Å². The van der Waals surface area contributed by atoms with Crippen LogP contribution in [0.1, 0.15) is 34.1 Å². The van der Waals surface area contributed by atoms with Gasteiger partial charge in [0.1, 0.15) is 5.76 Å². The van der Waals surface area contributed by atoms with Crippen LogP contribution in [0.4, 0.5) is 0 Å². The molecule has 2 aliphatic heterocycles. The first kappa shape index (κ1) is 17.5. The molecule has 128 valence electrons. The van der Waals surface area contributed by atoms with Crippen LogP contribution in [0, 0.1) is 0 Å². The third-order valence-electron chi connectivity index (χ3n) is 3.83. The SMILES string of the molecule is CCO[C@@H]1C[C@H](N2C(=O)c3ccccc3C2=O)C=C(C(Cl)(Cl)Cl)O1. The normalized spacial score (nSPS) is 23.8. The third kappa shape index (κ3) is 3.14. The van der Waals surface area contributed by atoms with Crippen molar-refractivity contribution in [1.82, 2.24) is 4.90 Å². The first-order valence-corrected chi connectivity index (χ1v) is 8.50. The lowest BCUT2D eigenvalue weighted by molar-refractivity contribution is -0.130. The van der Waals surface area contributed by atoms with Gasteiger partial charge in [-0.2, -0.15) is 0 Å². The lowest BCUT2D eigenvalue weighted by atomic mass is 10.1. The third-order valence-corrected chi connectivity index (χ3v) is 4.38. The quantitative estimate of drug-likeness (QED) is 0.583. The fourth-order valence-electron chi connectivity index (χ4n) is 2.81.